The van der Waals surface area contributed by atoms with E-state index in [0.29, 0.717) is 0 Å². The Labute approximate surface area is 191 Å². The molecule has 0 saturated carbocycles. The molecule has 1 aliphatic heterocycles. The average Bonchev–Trinajstić information content (AvgIpc) is 3.15. The molecule has 0 aromatic heterocycles. The van der Waals surface area contributed by atoms with Crippen LogP contribution in [0.2, 0.25) is 0 Å². The number of hydrogen-bond acceptors (Lipinski definition) is 7. The number of carbonyl (C=O) groups excluding carboxylic acids is 4. The number of benzene rings is 3. The van der Waals surface area contributed by atoms with Gasteiger partial charge in [-0.05, 0) is 24.3 Å². The lowest BCUT2D eigenvalue weighted by Crippen LogP contribution is -2.38. The van der Waals surface area contributed by atoms with Gasteiger partial charge in [0, 0.05) is 23.4 Å². The molecule has 2 atom stereocenters. The van der Waals surface area contributed by atoms with Crippen molar-refractivity contribution in [3.63, 3.8) is 0 Å². The van der Waals surface area contributed by atoms with Gasteiger partial charge >= 0.3 is 5.97 Å². The molecular formula is C24H15FN2O7. The van der Waals surface area contributed by atoms with Crippen LogP contribution in [0.1, 0.15) is 32.4 Å². The molecule has 0 saturated heterocycles. The molecule has 34 heavy (non-hydrogen) atoms. The quantitative estimate of drug-likeness (QED) is 0.141. The topological polar surface area (TPSA) is 133 Å². The molecule has 170 valence electrons. The number of esters is 1. The van der Waals surface area contributed by atoms with Crippen LogP contribution in [0, 0.1) is 21.8 Å². The fourth-order valence-electron chi connectivity index (χ4n) is 3.67. The molecule has 1 heterocycles. The highest BCUT2D eigenvalue weighted by Gasteiger charge is 2.46. The zero-order valence-corrected chi connectivity index (χ0v) is 17.3. The third kappa shape index (κ3) is 4.16. The van der Waals surface area contributed by atoms with Crippen molar-refractivity contribution in [2.24, 2.45) is 5.92 Å². The Bertz CT molecular complexity index is 1350. The summed E-state index contributed by atoms with van der Waals surface area (Å²) in [6.45, 7) is 0. The predicted octanol–water partition coefficient (Wildman–Crippen LogP) is 3.65. The van der Waals surface area contributed by atoms with E-state index in [-0.39, 0.29) is 22.5 Å². The summed E-state index contributed by atoms with van der Waals surface area (Å²) < 4.78 is 19.7. The van der Waals surface area contributed by atoms with E-state index in [1.54, 1.807) is 12.1 Å². The number of carbonyl (C=O) groups is 4. The lowest BCUT2D eigenvalue weighted by Gasteiger charge is -2.21. The van der Waals surface area contributed by atoms with Crippen molar-refractivity contribution in [2.75, 3.05) is 5.32 Å². The summed E-state index contributed by atoms with van der Waals surface area (Å²) in [5.41, 5.74) is -0.523. The van der Waals surface area contributed by atoms with Crippen LogP contribution in [0.25, 0.3) is 0 Å². The highest BCUT2D eigenvalue weighted by molar-refractivity contribution is 6.45. The van der Waals surface area contributed by atoms with Gasteiger partial charge in [-0.2, -0.15) is 0 Å². The minimum atomic E-state index is -1.89. The highest BCUT2D eigenvalue weighted by atomic mass is 19.1. The molecule has 1 N–H and O–H groups in total. The highest BCUT2D eigenvalue weighted by Crippen LogP contribution is 2.38. The maximum absolute atomic E-state index is 14.4. The minimum Gasteiger partial charge on any atom is -0.453 e. The summed E-state index contributed by atoms with van der Waals surface area (Å²) >= 11 is 0. The zero-order chi connectivity index (χ0) is 24.4. The third-order valence-electron chi connectivity index (χ3n) is 5.27. The maximum Gasteiger partial charge on any atom is 0.339 e. The lowest BCUT2D eigenvalue weighted by molar-refractivity contribution is -0.384. The molecule has 10 heteroatoms. The molecule has 2 unspecified atom stereocenters. The van der Waals surface area contributed by atoms with Crippen molar-refractivity contribution in [1.29, 1.82) is 0 Å². The molecular weight excluding hydrogens is 447 g/mol. The molecule has 9 nitrogen and oxygen atoms in total. The number of non-ortho nitro benzene ring substituents is 1. The first-order chi connectivity index (χ1) is 16.3. The number of cyclic esters (lactones) is 1. The number of hydrogen-bond donors (Lipinski definition) is 1. The second-order valence-corrected chi connectivity index (χ2v) is 7.36. The zero-order valence-electron chi connectivity index (χ0n) is 17.3. The van der Waals surface area contributed by atoms with E-state index in [9.17, 15) is 33.7 Å². The number of Topliss-reactive ketones (excluding diaryl/α,β-unsaturated/α-hetero) is 2. The number of ketones is 2. The number of fused-ring (bicyclic) bond motifs is 1. The van der Waals surface area contributed by atoms with Crippen molar-refractivity contribution in [1.82, 2.24) is 0 Å². The summed E-state index contributed by atoms with van der Waals surface area (Å²) in [5.74, 6) is -7.22. The van der Waals surface area contributed by atoms with E-state index in [4.69, 9.17) is 4.74 Å². The van der Waals surface area contributed by atoms with Crippen LogP contribution >= 0.6 is 0 Å². The molecule has 0 fully saturated rings. The van der Waals surface area contributed by atoms with Gasteiger partial charge < -0.3 is 10.1 Å². The van der Waals surface area contributed by atoms with Crippen LogP contribution in [0.4, 0.5) is 15.8 Å². The van der Waals surface area contributed by atoms with Gasteiger partial charge in [0.1, 0.15) is 17.8 Å². The van der Waals surface area contributed by atoms with Gasteiger partial charge in [-0.15, -0.1) is 0 Å². The van der Waals surface area contributed by atoms with Crippen LogP contribution in [0.5, 0.6) is 0 Å². The van der Waals surface area contributed by atoms with Crippen LogP contribution in [-0.2, 0) is 14.3 Å². The smallest absolute Gasteiger partial charge is 0.339 e. The Morgan fingerprint density at radius 2 is 1.71 bits per heavy atom. The van der Waals surface area contributed by atoms with Gasteiger partial charge in [0.05, 0.1) is 16.1 Å². The number of rotatable bonds is 7. The second kappa shape index (κ2) is 9.02. The summed E-state index contributed by atoms with van der Waals surface area (Å²) in [4.78, 5) is 61.9. The summed E-state index contributed by atoms with van der Waals surface area (Å²) in [7, 11) is 0. The van der Waals surface area contributed by atoms with Crippen molar-refractivity contribution < 1.29 is 33.2 Å². The minimum absolute atomic E-state index is 0.0616. The third-order valence-corrected chi connectivity index (χ3v) is 5.27. The molecule has 1 amide bonds. The number of halogens is 1. The maximum atomic E-state index is 14.4. The van der Waals surface area contributed by atoms with E-state index in [1.165, 1.54) is 42.5 Å². The Morgan fingerprint density at radius 3 is 2.44 bits per heavy atom. The number of nitrogens with zero attached hydrogens (tertiary/aromatic N) is 1. The van der Waals surface area contributed by atoms with E-state index >= 15 is 0 Å². The monoisotopic (exact) mass is 462 g/mol. The Hall–Kier alpha value is -4.73. The first-order valence-electron chi connectivity index (χ1n) is 9.96. The number of ether oxygens (including phenoxy) is 1. The number of nitro benzene ring substituents is 1. The molecule has 0 aliphatic carbocycles. The first-order valence-corrected chi connectivity index (χ1v) is 9.96. The van der Waals surface area contributed by atoms with Crippen LogP contribution < -0.4 is 5.32 Å². The van der Waals surface area contributed by atoms with Gasteiger partial charge in [0.25, 0.3) is 11.6 Å². The van der Waals surface area contributed by atoms with Gasteiger partial charge in [-0.25, -0.2) is 9.18 Å². The van der Waals surface area contributed by atoms with Gasteiger partial charge in [0.15, 0.2) is 5.78 Å². The van der Waals surface area contributed by atoms with Crippen molar-refractivity contribution in [2.45, 2.75) is 6.10 Å². The molecule has 0 radical (unpaired) electrons. The fraction of sp³-hybridized carbons (Fsp3) is 0.0833. The fourth-order valence-corrected chi connectivity index (χ4v) is 3.67. The number of amides is 1. The molecule has 3 aromatic rings. The number of anilines is 1. The van der Waals surface area contributed by atoms with Crippen molar-refractivity contribution >= 4 is 34.8 Å². The Balaban J connectivity index is 1.72. The lowest BCUT2D eigenvalue weighted by atomic mass is 9.84. The summed E-state index contributed by atoms with van der Waals surface area (Å²) in [5, 5.41) is 13.2. The van der Waals surface area contributed by atoms with E-state index < -0.39 is 51.8 Å². The average molecular weight is 462 g/mol. The SMILES string of the molecule is O=C(Nc1cccc([N+](=O)[O-])c1)C(=O)C(C(=O)c1ccccc1F)C1OC(=O)c2ccccc21. The van der Waals surface area contributed by atoms with E-state index in [2.05, 4.69) is 5.32 Å². The largest absolute Gasteiger partial charge is 0.453 e. The first kappa shape index (κ1) is 22.5. The van der Waals surface area contributed by atoms with Crippen molar-refractivity contribution in [3.8, 4) is 0 Å². The van der Waals surface area contributed by atoms with E-state index in [0.717, 1.165) is 18.2 Å². The van der Waals surface area contributed by atoms with E-state index in [1.807, 2.05) is 0 Å². The van der Waals surface area contributed by atoms with Gasteiger partial charge in [0.2, 0.25) is 5.78 Å². The standard InChI is InChI=1S/C24H15FN2O7/c25-18-11-4-3-10-17(18)20(28)19(22-15-8-1-2-9-16(15)24(31)34-22)21(29)23(30)26-13-6-5-7-14(12-13)27(32)33/h1-12,19,22H,(H,26,30). The van der Waals surface area contributed by atoms with Crippen LogP contribution in [0.3, 0.4) is 0 Å². The predicted molar refractivity (Wildman–Crippen MR) is 116 cm³/mol. The number of nitro groups is 1. The molecule has 4 rings (SSSR count). The molecule has 0 bridgehead atoms. The summed E-state index contributed by atoms with van der Waals surface area (Å²) in [6, 6.07) is 15.8. The van der Waals surface area contributed by atoms with Crippen molar-refractivity contribution in [3.05, 3.63) is 105 Å². The second-order valence-electron chi connectivity index (χ2n) is 7.36. The van der Waals surface area contributed by atoms with Crippen LogP contribution in [0.15, 0.2) is 72.8 Å². The van der Waals surface area contributed by atoms with Crippen LogP contribution in [-0.4, -0.2) is 28.4 Å². The number of nitrogens with one attached hydrogen (secondary N) is 1. The Morgan fingerprint density at radius 1 is 1.00 bits per heavy atom. The Kier molecular flexibility index (Phi) is 5.96. The normalized spacial score (nSPS) is 15.1. The summed E-state index contributed by atoms with van der Waals surface area (Å²) in [6.07, 6.45) is -1.46. The molecule has 1 aliphatic rings. The van der Waals surface area contributed by atoms with Gasteiger partial charge in [-0.3, -0.25) is 24.5 Å². The molecule has 0 spiro atoms. The van der Waals surface area contributed by atoms with Gasteiger partial charge in [-0.1, -0.05) is 36.4 Å². The molecule has 3 aromatic carbocycles.